The molecule has 9 heteroatoms. The third-order valence-corrected chi connectivity index (χ3v) is 6.25. The Bertz CT molecular complexity index is 769. The van der Waals surface area contributed by atoms with Gasteiger partial charge >= 0.3 is 0 Å². The van der Waals surface area contributed by atoms with Gasteiger partial charge in [0.05, 0.1) is 12.0 Å². The molecule has 0 spiro atoms. The molecule has 1 saturated heterocycles. The average molecular weight is 397 g/mol. The lowest BCUT2D eigenvalue weighted by molar-refractivity contribution is -0.137. The van der Waals surface area contributed by atoms with Crippen LogP contribution in [0.3, 0.4) is 0 Å². The first kappa shape index (κ1) is 21.2. The van der Waals surface area contributed by atoms with Gasteiger partial charge in [-0.2, -0.15) is 4.72 Å². The van der Waals surface area contributed by atoms with Gasteiger partial charge in [-0.15, -0.1) is 0 Å². The van der Waals surface area contributed by atoms with Gasteiger partial charge in [0, 0.05) is 19.0 Å². The van der Waals surface area contributed by atoms with Gasteiger partial charge in [-0.05, 0) is 43.0 Å². The summed E-state index contributed by atoms with van der Waals surface area (Å²) in [4.78, 5) is 25.8. The number of ether oxygens (including phenoxy) is 1. The molecule has 0 aliphatic carbocycles. The summed E-state index contributed by atoms with van der Waals surface area (Å²) in [6.07, 6.45) is 0.994. The minimum Gasteiger partial charge on any atom is -0.497 e. The monoisotopic (exact) mass is 397 g/mol. The van der Waals surface area contributed by atoms with Crippen molar-refractivity contribution in [3.8, 4) is 5.75 Å². The van der Waals surface area contributed by atoms with Crippen LogP contribution in [0.15, 0.2) is 29.2 Å². The summed E-state index contributed by atoms with van der Waals surface area (Å²) >= 11 is 0. The summed E-state index contributed by atoms with van der Waals surface area (Å²) in [5.74, 6) is -0.572. The Morgan fingerprint density at radius 1 is 1.19 bits per heavy atom. The standard InChI is InChI=1S/C18H27N3O5S/c1-12(2)16(18(23)21-10-8-13(9-11-21)17(19)22)20-27(24,25)15-6-4-14(26-3)5-7-15/h4-7,12-13,16,20H,8-11H2,1-3H3,(H2,19,22)/t16-/m0/s1. The van der Waals surface area contributed by atoms with Crippen molar-refractivity contribution in [2.75, 3.05) is 20.2 Å². The van der Waals surface area contributed by atoms with Crippen LogP contribution in [0.25, 0.3) is 0 Å². The highest BCUT2D eigenvalue weighted by atomic mass is 32.2. The van der Waals surface area contributed by atoms with E-state index in [2.05, 4.69) is 4.72 Å². The van der Waals surface area contributed by atoms with Gasteiger partial charge in [0.15, 0.2) is 0 Å². The van der Waals surface area contributed by atoms with Crippen molar-refractivity contribution in [3.05, 3.63) is 24.3 Å². The minimum atomic E-state index is -3.86. The van der Waals surface area contributed by atoms with Gasteiger partial charge in [-0.3, -0.25) is 9.59 Å². The van der Waals surface area contributed by atoms with Crippen molar-refractivity contribution in [3.63, 3.8) is 0 Å². The number of nitrogens with two attached hydrogens (primary N) is 1. The molecule has 1 atom stereocenters. The van der Waals surface area contributed by atoms with Crippen molar-refractivity contribution >= 4 is 21.8 Å². The number of carbonyl (C=O) groups excluding carboxylic acids is 2. The molecule has 27 heavy (non-hydrogen) atoms. The molecule has 1 fully saturated rings. The number of likely N-dealkylation sites (tertiary alicyclic amines) is 1. The molecule has 1 heterocycles. The molecule has 3 N–H and O–H groups in total. The zero-order chi connectivity index (χ0) is 20.2. The normalized spacial score (nSPS) is 17.0. The Kier molecular flexibility index (Phi) is 6.83. The van der Waals surface area contributed by atoms with Gasteiger partial charge in [0.1, 0.15) is 11.8 Å². The molecule has 8 nitrogen and oxygen atoms in total. The van der Waals surface area contributed by atoms with Crippen LogP contribution in [0.5, 0.6) is 5.75 Å². The lowest BCUT2D eigenvalue weighted by atomic mass is 9.95. The van der Waals surface area contributed by atoms with Crippen LogP contribution in [0.1, 0.15) is 26.7 Å². The second-order valence-electron chi connectivity index (χ2n) is 7.02. The average Bonchev–Trinajstić information content (AvgIpc) is 2.65. The highest BCUT2D eigenvalue weighted by Gasteiger charge is 2.34. The van der Waals surface area contributed by atoms with E-state index in [9.17, 15) is 18.0 Å². The number of nitrogens with zero attached hydrogens (tertiary/aromatic N) is 1. The lowest BCUT2D eigenvalue weighted by Gasteiger charge is -2.34. The molecule has 0 aromatic heterocycles. The number of hydrogen-bond acceptors (Lipinski definition) is 5. The molecule has 1 aromatic carbocycles. The van der Waals surface area contributed by atoms with E-state index in [1.54, 1.807) is 30.9 Å². The predicted molar refractivity (Wildman–Crippen MR) is 100 cm³/mol. The second-order valence-corrected chi connectivity index (χ2v) is 8.73. The van der Waals surface area contributed by atoms with Crippen molar-refractivity contribution in [1.29, 1.82) is 0 Å². The highest BCUT2D eigenvalue weighted by Crippen LogP contribution is 2.21. The lowest BCUT2D eigenvalue weighted by Crippen LogP contribution is -2.53. The molecule has 0 unspecified atom stereocenters. The van der Waals surface area contributed by atoms with E-state index in [-0.39, 0.29) is 28.5 Å². The Morgan fingerprint density at radius 2 is 1.74 bits per heavy atom. The van der Waals surface area contributed by atoms with E-state index in [0.29, 0.717) is 31.7 Å². The van der Waals surface area contributed by atoms with Gasteiger partial charge in [-0.25, -0.2) is 8.42 Å². The number of hydrogen-bond donors (Lipinski definition) is 2. The third-order valence-electron chi connectivity index (χ3n) is 4.79. The van der Waals surface area contributed by atoms with E-state index in [0.717, 1.165) is 0 Å². The fourth-order valence-corrected chi connectivity index (χ4v) is 4.38. The first-order valence-electron chi connectivity index (χ1n) is 8.90. The van der Waals surface area contributed by atoms with E-state index < -0.39 is 16.1 Å². The van der Waals surface area contributed by atoms with Crippen molar-refractivity contribution in [2.45, 2.75) is 37.6 Å². The zero-order valence-electron chi connectivity index (χ0n) is 15.8. The number of nitrogens with one attached hydrogen (secondary N) is 1. The number of rotatable bonds is 7. The summed E-state index contributed by atoms with van der Waals surface area (Å²) in [5.41, 5.74) is 5.32. The topological polar surface area (TPSA) is 119 Å². The SMILES string of the molecule is COc1ccc(S(=O)(=O)N[C@H](C(=O)N2CCC(C(N)=O)CC2)C(C)C)cc1. The first-order chi connectivity index (χ1) is 12.7. The number of benzene rings is 1. The second kappa shape index (κ2) is 8.71. The van der Waals surface area contributed by atoms with Gasteiger partial charge in [0.2, 0.25) is 21.8 Å². The largest absolute Gasteiger partial charge is 0.497 e. The van der Waals surface area contributed by atoms with Crippen molar-refractivity contribution < 1.29 is 22.7 Å². The fourth-order valence-electron chi connectivity index (χ4n) is 3.04. The maximum atomic E-state index is 12.9. The molecule has 2 rings (SSSR count). The molecule has 1 aliphatic rings. The van der Waals surface area contributed by atoms with Crippen LogP contribution in [0.2, 0.25) is 0 Å². The first-order valence-corrected chi connectivity index (χ1v) is 10.4. The molecule has 0 saturated carbocycles. The van der Waals surface area contributed by atoms with Gasteiger partial charge in [-0.1, -0.05) is 13.8 Å². The molecule has 0 bridgehead atoms. The number of piperidine rings is 1. The Labute approximate surface area is 160 Å². The van der Waals surface area contributed by atoms with Crippen LogP contribution < -0.4 is 15.2 Å². The van der Waals surface area contributed by atoms with Crippen LogP contribution in [-0.4, -0.2) is 51.4 Å². The minimum absolute atomic E-state index is 0.0641. The molecular formula is C18H27N3O5S. The summed E-state index contributed by atoms with van der Waals surface area (Å²) < 4.78 is 32.9. The molecule has 1 aliphatic heterocycles. The van der Waals surface area contributed by atoms with E-state index in [4.69, 9.17) is 10.5 Å². The maximum absolute atomic E-state index is 12.9. The number of carbonyl (C=O) groups is 2. The van der Waals surface area contributed by atoms with E-state index in [1.807, 2.05) is 0 Å². The van der Waals surface area contributed by atoms with E-state index >= 15 is 0 Å². The molecule has 0 radical (unpaired) electrons. The van der Waals surface area contributed by atoms with Crippen LogP contribution in [0, 0.1) is 11.8 Å². The number of sulfonamides is 1. The van der Waals surface area contributed by atoms with Crippen LogP contribution in [-0.2, 0) is 19.6 Å². The predicted octanol–water partition coefficient (Wildman–Crippen LogP) is 0.722. The Morgan fingerprint density at radius 3 is 2.19 bits per heavy atom. The number of methoxy groups -OCH3 is 1. The van der Waals surface area contributed by atoms with Gasteiger partial charge in [0.25, 0.3) is 0 Å². The summed E-state index contributed by atoms with van der Waals surface area (Å²) in [7, 11) is -2.37. The smallest absolute Gasteiger partial charge is 0.241 e. The number of amides is 2. The molecule has 150 valence electrons. The van der Waals surface area contributed by atoms with Crippen molar-refractivity contribution in [1.82, 2.24) is 9.62 Å². The van der Waals surface area contributed by atoms with Gasteiger partial charge < -0.3 is 15.4 Å². The summed E-state index contributed by atoms with van der Waals surface area (Å²) in [6.45, 7) is 4.35. The van der Waals surface area contributed by atoms with Crippen LogP contribution in [0.4, 0.5) is 0 Å². The Balaban J connectivity index is 2.12. The quantitative estimate of drug-likeness (QED) is 0.703. The zero-order valence-corrected chi connectivity index (χ0v) is 16.7. The molecule has 2 amide bonds. The van der Waals surface area contributed by atoms with Crippen LogP contribution >= 0.6 is 0 Å². The molecular weight excluding hydrogens is 370 g/mol. The highest BCUT2D eigenvalue weighted by molar-refractivity contribution is 7.89. The summed E-state index contributed by atoms with van der Waals surface area (Å²) in [5, 5.41) is 0. The van der Waals surface area contributed by atoms with E-state index in [1.165, 1.54) is 19.2 Å². The fraction of sp³-hybridized carbons (Fsp3) is 0.556. The maximum Gasteiger partial charge on any atom is 0.241 e. The molecule has 1 aromatic rings. The summed E-state index contributed by atoms with van der Waals surface area (Å²) in [6, 6.07) is 5.08. The number of primary amides is 1. The third kappa shape index (κ3) is 5.20. The Hall–Kier alpha value is -2.13. The van der Waals surface area contributed by atoms with Crippen molar-refractivity contribution in [2.24, 2.45) is 17.6 Å².